The van der Waals surface area contributed by atoms with Crippen LogP contribution in [0.1, 0.15) is 17.7 Å². The Balaban J connectivity index is 1.35. The Morgan fingerprint density at radius 2 is 2.16 bits per heavy atom. The molecule has 1 aromatic heterocycles. The minimum Gasteiger partial charge on any atom is -0.508 e. The summed E-state index contributed by atoms with van der Waals surface area (Å²) in [7, 11) is 0. The van der Waals surface area contributed by atoms with E-state index in [1.807, 2.05) is 30.5 Å². The van der Waals surface area contributed by atoms with E-state index in [1.165, 1.54) is 0 Å². The van der Waals surface area contributed by atoms with Crippen molar-refractivity contribution in [2.75, 3.05) is 19.6 Å². The quantitative estimate of drug-likeness (QED) is 0.753. The highest BCUT2D eigenvalue weighted by Gasteiger charge is 2.23. The van der Waals surface area contributed by atoms with Gasteiger partial charge in [-0.05, 0) is 48.7 Å². The van der Waals surface area contributed by atoms with Gasteiger partial charge in [0.1, 0.15) is 5.75 Å². The Labute approximate surface area is 147 Å². The van der Waals surface area contributed by atoms with Gasteiger partial charge in [0.2, 0.25) is 0 Å². The number of carbonyl (C=O) groups excluding carboxylic acids is 1. The van der Waals surface area contributed by atoms with Crippen LogP contribution in [0.4, 0.5) is 4.79 Å². The van der Waals surface area contributed by atoms with Gasteiger partial charge in [0.25, 0.3) is 0 Å². The molecule has 0 bridgehead atoms. The number of pyridine rings is 1. The molecular formula is C19H24N4O2. The molecule has 0 saturated carbocycles. The SMILES string of the molecule is O=C(NCc1cccc(O)c1)NCC1CCN(Cc2ccccn2)C1. The Morgan fingerprint density at radius 1 is 1.24 bits per heavy atom. The standard InChI is InChI=1S/C19H24N4O2/c24-18-6-3-4-15(10-18)11-21-19(25)22-12-16-7-9-23(13-16)14-17-5-1-2-8-20-17/h1-6,8,10,16,24H,7,9,11-14H2,(H2,21,22,25). The zero-order valence-electron chi connectivity index (χ0n) is 14.2. The largest absolute Gasteiger partial charge is 0.508 e. The Bertz CT molecular complexity index is 693. The summed E-state index contributed by atoms with van der Waals surface area (Å²) in [6.45, 7) is 3.94. The second-order valence-corrected chi connectivity index (χ2v) is 6.44. The molecule has 2 amide bonds. The molecule has 6 heteroatoms. The minimum absolute atomic E-state index is 0.175. The number of phenolic OH excluding ortho intramolecular Hbond substituents is 1. The van der Waals surface area contributed by atoms with Crippen molar-refractivity contribution in [3.63, 3.8) is 0 Å². The van der Waals surface area contributed by atoms with E-state index >= 15 is 0 Å². The second kappa shape index (κ2) is 8.48. The van der Waals surface area contributed by atoms with Crippen LogP contribution in [0.15, 0.2) is 48.7 Å². The minimum atomic E-state index is -0.175. The summed E-state index contributed by atoms with van der Waals surface area (Å²) >= 11 is 0. The third kappa shape index (κ3) is 5.46. The number of carbonyl (C=O) groups is 1. The van der Waals surface area contributed by atoms with Gasteiger partial charge in [-0.3, -0.25) is 9.88 Å². The van der Waals surface area contributed by atoms with Crippen molar-refractivity contribution in [2.24, 2.45) is 5.92 Å². The number of phenols is 1. The van der Waals surface area contributed by atoms with E-state index in [2.05, 4.69) is 20.5 Å². The first-order valence-electron chi connectivity index (χ1n) is 8.61. The zero-order chi connectivity index (χ0) is 17.5. The van der Waals surface area contributed by atoms with Gasteiger partial charge in [-0.25, -0.2) is 4.79 Å². The molecule has 1 fully saturated rings. The van der Waals surface area contributed by atoms with Crippen molar-refractivity contribution >= 4 is 6.03 Å². The van der Waals surface area contributed by atoms with Crippen LogP contribution in [-0.2, 0) is 13.1 Å². The number of benzene rings is 1. The normalized spacial score (nSPS) is 17.4. The van der Waals surface area contributed by atoms with Crippen LogP contribution in [0, 0.1) is 5.92 Å². The number of aromatic nitrogens is 1. The van der Waals surface area contributed by atoms with Crippen molar-refractivity contribution in [3.05, 3.63) is 59.9 Å². The van der Waals surface area contributed by atoms with E-state index in [1.54, 1.807) is 18.2 Å². The van der Waals surface area contributed by atoms with Gasteiger partial charge in [0.15, 0.2) is 0 Å². The zero-order valence-corrected chi connectivity index (χ0v) is 14.2. The van der Waals surface area contributed by atoms with Gasteiger partial charge in [0.05, 0.1) is 5.69 Å². The average Bonchev–Trinajstić information content (AvgIpc) is 3.06. The lowest BCUT2D eigenvalue weighted by Crippen LogP contribution is -2.38. The molecule has 1 aliphatic rings. The van der Waals surface area contributed by atoms with Crippen LogP contribution in [0.2, 0.25) is 0 Å². The van der Waals surface area contributed by atoms with E-state index in [9.17, 15) is 9.90 Å². The number of urea groups is 1. The van der Waals surface area contributed by atoms with Gasteiger partial charge in [-0.1, -0.05) is 18.2 Å². The van der Waals surface area contributed by atoms with Crippen LogP contribution in [0.25, 0.3) is 0 Å². The Hall–Kier alpha value is -2.60. The second-order valence-electron chi connectivity index (χ2n) is 6.44. The summed E-state index contributed by atoms with van der Waals surface area (Å²) < 4.78 is 0. The number of nitrogens with one attached hydrogen (secondary N) is 2. The smallest absolute Gasteiger partial charge is 0.315 e. The number of hydrogen-bond donors (Lipinski definition) is 3. The summed E-state index contributed by atoms with van der Waals surface area (Å²) in [6, 6.07) is 12.7. The molecule has 1 saturated heterocycles. The van der Waals surface area contributed by atoms with Crippen molar-refractivity contribution < 1.29 is 9.90 Å². The number of hydrogen-bond acceptors (Lipinski definition) is 4. The van der Waals surface area contributed by atoms with Gasteiger partial charge in [-0.2, -0.15) is 0 Å². The fourth-order valence-corrected chi connectivity index (χ4v) is 3.09. The van der Waals surface area contributed by atoms with E-state index in [0.717, 1.165) is 37.3 Å². The molecule has 3 rings (SSSR count). The molecule has 1 atom stereocenters. The maximum atomic E-state index is 11.9. The molecule has 0 aliphatic carbocycles. The Morgan fingerprint density at radius 3 is 2.96 bits per heavy atom. The van der Waals surface area contributed by atoms with E-state index in [-0.39, 0.29) is 11.8 Å². The predicted molar refractivity (Wildman–Crippen MR) is 96.0 cm³/mol. The molecule has 1 aromatic carbocycles. The molecule has 6 nitrogen and oxygen atoms in total. The van der Waals surface area contributed by atoms with Crippen LogP contribution in [0.3, 0.4) is 0 Å². The van der Waals surface area contributed by atoms with Crippen molar-refractivity contribution in [2.45, 2.75) is 19.5 Å². The summed E-state index contributed by atoms with van der Waals surface area (Å²) in [5.74, 6) is 0.675. The number of amides is 2. The van der Waals surface area contributed by atoms with Crippen molar-refractivity contribution in [1.82, 2.24) is 20.5 Å². The monoisotopic (exact) mass is 340 g/mol. The third-order valence-corrected chi connectivity index (χ3v) is 4.40. The Kier molecular flexibility index (Phi) is 5.85. The van der Waals surface area contributed by atoms with Gasteiger partial charge < -0.3 is 15.7 Å². The molecule has 0 radical (unpaired) electrons. The molecule has 132 valence electrons. The molecule has 3 N–H and O–H groups in total. The van der Waals surface area contributed by atoms with Crippen LogP contribution in [0.5, 0.6) is 5.75 Å². The molecule has 2 heterocycles. The summed E-state index contributed by atoms with van der Waals surface area (Å²) in [5, 5.41) is 15.2. The summed E-state index contributed by atoms with van der Waals surface area (Å²) in [4.78, 5) is 18.7. The molecule has 1 aliphatic heterocycles. The highest BCUT2D eigenvalue weighted by Crippen LogP contribution is 2.17. The first-order chi connectivity index (χ1) is 12.2. The van der Waals surface area contributed by atoms with Gasteiger partial charge in [0, 0.05) is 32.4 Å². The predicted octanol–water partition coefficient (Wildman–Crippen LogP) is 2.11. The van der Waals surface area contributed by atoms with E-state index < -0.39 is 0 Å². The first-order valence-corrected chi connectivity index (χ1v) is 8.61. The lowest BCUT2D eigenvalue weighted by atomic mass is 10.1. The fourth-order valence-electron chi connectivity index (χ4n) is 3.09. The number of nitrogens with zero attached hydrogens (tertiary/aromatic N) is 2. The van der Waals surface area contributed by atoms with Crippen molar-refractivity contribution in [1.29, 1.82) is 0 Å². The molecule has 2 aromatic rings. The van der Waals surface area contributed by atoms with Crippen LogP contribution in [-0.4, -0.2) is 40.7 Å². The number of rotatable bonds is 6. The number of likely N-dealkylation sites (tertiary alicyclic amines) is 1. The van der Waals surface area contributed by atoms with E-state index in [0.29, 0.717) is 19.0 Å². The maximum Gasteiger partial charge on any atom is 0.315 e. The lowest BCUT2D eigenvalue weighted by Gasteiger charge is -2.16. The van der Waals surface area contributed by atoms with E-state index in [4.69, 9.17) is 0 Å². The van der Waals surface area contributed by atoms with Crippen LogP contribution >= 0.6 is 0 Å². The molecule has 25 heavy (non-hydrogen) atoms. The lowest BCUT2D eigenvalue weighted by molar-refractivity contribution is 0.238. The fraction of sp³-hybridized carbons (Fsp3) is 0.368. The highest BCUT2D eigenvalue weighted by molar-refractivity contribution is 5.73. The average molecular weight is 340 g/mol. The summed E-state index contributed by atoms with van der Waals surface area (Å²) in [6.07, 6.45) is 2.90. The molecular weight excluding hydrogens is 316 g/mol. The highest BCUT2D eigenvalue weighted by atomic mass is 16.3. The van der Waals surface area contributed by atoms with Gasteiger partial charge >= 0.3 is 6.03 Å². The van der Waals surface area contributed by atoms with Crippen LogP contribution < -0.4 is 10.6 Å². The molecule has 0 spiro atoms. The summed E-state index contributed by atoms with van der Waals surface area (Å²) in [5.41, 5.74) is 1.96. The topological polar surface area (TPSA) is 77.5 Å². The molecule has 1 unspecified atom stereocenters. The van der Waals surface area contributed by atoms with Gasteiger partial charge in [-0.15, -0.1) is 0 Å². The van der Waals surface area contributed by atoms with Crippen molar-refractivity contribution in [3.8, 4) is 5.75 Å². The number of aromatic hydroxyl groups is 1. The third-order valence-electron chi connectivity index (χ3n) is 4.40. The maximum absolute atomic E-state index is 11.9. The first kappa shape index (κ1) is 17.2.